The topological polar surface area (TPSA) is 56.8 Å². The molecular weight excluding hydrogens is 288 g/mol. The van der Waals surface area contributed by atoms with Crippen LogP contribution in [0.4, 0.5) is 0 Å². The molecule has 0 atom stereocenters. The van der Waals surface area contributed by atoms with Crippen molar-refractivity contribution in [2.24, 2.45) is 10.9 Å². The number of ether oxygens (including phenoxy) is 2. The van der Waals surface area contributed by atoms with E-state index in [0.29, 0.717) is 6.61 Å². The van der Waals surface area contributed by atoms with Gasteiger partial charge in [-0.05, 0) is 46.7 Å². The lowest BCUT2D eigenvalue weighted by atomic mass is 10.1. The number of hydrogen-bond donors (Lipinski definition) is 1. The first-order valence-corrected chi connectivity index (χ1v) is 7.32. The quantitative estimate of drug-likeness (QED) is 0.444. The third-order valence-electron chi connectivity index (χ3n) is 3.64. The summed E-state index contributed by atoms with van der Waals surface area (Å²) in [5.41, 5.74) is 1.85. The van der Waals surface area contributed by atoms with Gasteiger partial charge in [-0.15, -0.1) is 0 Å². The molecule has 0 heterocycles. The highest BCUT2D eigenvalue weighted by Gasteiger charge is 2.06. The van der Waals surface area contributed by atoms with Crippen molar-refractivity contribution in [3.8, 4) is 11.5 Å². The zero-order valence-electron chi connectivity index (χ0n) is 12.9. The van der Waals surface area contributed by atoms with Crippen molar-refractivity contribution in [2.75, 3.05) is 7.11 Å². The molecule has 0 aliphatic rings. The van der Waals surface area contributed by atoms with Gasteiger partial charge in [0, 0.05) is 5.56 Å². The maximum Gasteiger partial charge on any atom is 0.125 e. The van der Waals surface area contributed by atoms with Crippen molar-refractivity contribution in [3.63, 3.8) is 0 Å². The molecule has 3 aromatic carbocycles. The molecular formula is C19H18N2O2. The molecule has 0 aromatic heterocycles. The second kappa shape index (κ2) is 6.83. The Morgan fingerprint density at radius 2 is 1.83 bits per heavy atom. The van der Waals surface area contributed by atoms with Gasteiger partial charge in [-0.3, -0.25) is 0 Å². The van der Waals surface area contributed by atoms with Gasteiger partial charge in [0.15, 0.2) is 0 Å². The molecule has 0 fully saturated rings. The van der Waals surface area contributed by atoms with Gasteiger partial charge >= 0.3 is 0 Å². The van der Waals surface area contributed by atoms with E-state index in [2.05, 4.69) is 23.3 Å². The van der Waals surface area contributed by atoms with Crippen LogP contribution in [0.25, 0.3) is 10.8 Å². The standard InChI is InChI=1S/C19H18N2O2/c1-22-19-9-6-14(12-21-20)10-17(19)13-23-18-8-7-15-4-2-3-5-16(15)11-18/h2-12H,13,20H2,1H3. The number of hydrogen-bond acceptors (Lipinski definition) is 4. The van der Waals surface area contributed by atoms with E-state index < -0.39 is 0 Å². The summed E-state index contributed by atoms with van der Waals surface area (Å²) in [4.78, 5) is 0. The highest BCUT2D eigenvalue weighted by molar-refractivity contribution is 5.83. The Morgan fingerprint density at radius 3 is 2.61 bits per heavy atom. The van der Waals surface area contributed by atoms with Gasteiger partial charge in [0.05, 0.1) is 13.3 Å². The molecule has 4 nitrogen and oxygen atoms in total. The number of methoxy groups -OCH3 is 1. The van der Waals surface area contributed by atoms with Crippen LogP contribution in [0.2, 0.25) is 0 Å². The first kappa shape index (κ1) is 14.9. The number of rotatable bonds is 5. The van der Waals surface area contributed by atoms with Crippen molar-refractivity contribution >= 4 is 17.0 Å². The number of benzene rings is 3. The predicted octanol–water partition coefficient (Wildman–Crippen LogP) is 3.72. The molecule has 0 bridgehead atoms. The zero-order valence-corrected chi connectivity index (χ0v) is 12.9. The van der Waals surface area contributed by atoms with E-state index in [9.17, 15) is 0 Å². The summed E-state index contributed by atoms with van der Waals surface area (Å²) in [5, 5.41) is 5.90. The van der Waals surface area contributed by atoms with Crippen molar-refractivity contribution in [1.29, 1.82) is 0 Å². The summed E-state index contributed by atoms with van der Waals surface area (Å²) in [7, 11) is 1.64. The fraction of sp³-hybridized carbons (Fsp3) is 0.105. The second-order valence-electron chi connectivity index (χ2n) is 5.15. The normalized spacial score (nSPS) is 11.0. The molecule has 0 saturated heterocycles. The minimum atomic E-state index is 0.410. The van der Waals surface area contributed by atoms with E-state index in [-0.39, 0.29) is 0 Å². The predicted molar refractivity (Wildman–Crippen MR) is 93.1 cm³/mol. The fourth-order valence-electron chi connectivity index (χ4n) is 2.50. The first-order valence-electron chi connectivity index (χ1n) is 7.32. The summed E-state index contributed by atoms with van der Waals surface area (Å²) in [6.07, 6.45) is 1.60. The van der Waals surface area contributed by atoms with E-state index >= 15 is 0 Å². The summed E-state index contributed by atoms with van der Waals surface area (Å²) in [6.45, 7) is 0.410. The van der Waals surface area contributed by atoms with E-state index in [4.69, 9.17) is 15.3 Å². The average molecular weight is 306 g/mol. The molecule has 23 heavy (non-hydrogen) atoms. The van der Waals surface area contributed by atoms with E-state index in [1.165, 1.54) is 5.39 Å². The Kier molecular flexibility index (Phi) is 4.43. The van der Waals surface area contributed by atoms with Gasteiger partial charge in [-0.25, -0.2) is 0 Å². The van der Waals surface area contributed by atoms with Crippen LogP contribution in [0.3, 0.4) is 0 Å². The molecule has 0 saturated carbocycles. The molecule has 0 amide bonds. The summed E-state index contributed by atoms with van der Waals surface area (Å²) >= 11 is 0. The van der Waals surface area contributed by atoms with E-state index in [1.54, 1.807) is 13.3 Å². The Labute approximate surface area is 135 Å². The van der Waals surface area contributed by atoms with Gasteiger partial charge in [0.2, 0.25) is 0 Å². The molecule has 3 rings (SSSR count). The number of hydrazone groups is 1. The molecule has 0 aliphatic carbocycles. The van der Waals surface area contributed by atoms with Crippen molar-refractivity contribution < 1.29 is 9.47 Å². The minimum absolute atomic E-state index is 0.410. The van der Waals surface area contributed by atoms with Crippen LogP contribution in [-0.4, -0.2) is 13.3 Å². The minimum Gasteiger partial charge on any atom is -0.496 e. The Hall–Kier alpha value is -3.01. The van der Waals surface area contributed by atoms with Crippen LogP contribution >= 0.6 is 0 Å². The number of nitrogens with two attached hydrogens (primary N) is 1. The van der Waals surface area contributed by atoms with Crippen LogP contribution < -0.4 is 15.3 Å². The lowest BCUT2D eigenvalue weighted by Gasteiger charge is -2.11. The monoisotopic (exact) mass is 306 g/mol. The summed E-state index contributed by atoms with van der Waals surface area (Å²) in [6, 6.07) is 20.0. The largest absolute Gasteiger partial charge is 0.496 e. The maximum absolute atomic E-state index is 5.92. The molecule has 3 aromatic rings. The van der Waals surface area contributed by atoms with Crippen LogP contribution in [0.1, 0.15) is 11.1 Å². The Bertz CT molecular complexity index is 844. The van der Waals surface area contributed by atoms with E-state index in [1.807, 2.05) is 42.5 Å². The third-order valence-corrected chi connectivity index (χ3v) is 3.64. The van der Waals surface area contributed by atoms with Crippen molar-refractivity contribution in [1.82, 2.24) is 0 Å². The zero-order chi connectivity index (χ0) is 16.1. The van der Waals surface area contributed by atoms with Crippen LogP contribution in [0.5, 0.6) is 11.5 Å². The molecule has 116 valence electrons. The highest BCUT2D eigenvalue weighted by Crippen LogP contribution is 2.24. The SMILES string of the molecule is COc1ccc(C=NN)cc1COc1ccc2ccccc2c1. The van der Waals surface area contributed by atoms with Crippen molar-refractivity contribution in [3.05, 3.63) is 71.8 Å². The first-order chi connectivity index (χ1) is 11.3. The Morgan fingerprint density at radius 1 is 1.00 bits per heavy atom. The van der Waals surface area contributed by atoms with Gasteiger partial charge in [0.25, 0.3) is 0 Å². The number of nitrogens with zero attached hydrogens (tertiary/aromatic N) is 1. The van der Waals surface area contributed by atoms with Crippen LogP contribution in [0, 0.1) is 0 Å². The molecule has 4 heteroatoms. The van der Waals surface area contributed by atoms with Gasteiger partial charge in [0.1, 0.15) is 18.1 Å². The molecule has 0 spiro atoms. The lowest BCUT2D eigenvalue weighted by Crippen LogP contribution is -2.00. The maximum atomic E-state index is 5.92. The summed E-state index contributed by atoms with van der Waals surface area (Å²) < 4.78 is 11.3. The lowest BCUT2D eigenvalue weighted by molar-refractivity contribution is 0.297. The Balaban J connectivity index is 1.82. The summed E-state index contributed by atoms with van der Waals surface area (Å²) in [5.74, 6) is 6.81. The average Bonchev–Trinajstić information content (AvgIpc) is 2.60. The fourth-order valence-corrected chi connectivity index (χ4v) is 2.50. The molecule has 2 N–H and O–H groups in total. The van der Waals surface area contributed by atoms with Crippen molar-refractivity contribution in [2.45, 2.75) is 6.61 Å². The molecule has 0 unspecified atom stereocenters. The smallest absolute Gasteiger partial charge is 0.125 e. The van der Waals surface area contributed by atoms with Crippen LogP contribution in [0.15, 0.2) is 65.8 Å². The third kappa shape index (κ3) is 3.43. The number of fused-ring (bicyclic) bond motifs is 1. The molecule has 0 aliphatic heterocycles. The van der Waals surface area contributed by atoms with E-state index in [0.717, 1.165) is 28.0 Å². The van der Waals surface area contributed by atoms with Gasteiger partial charge < -0.3 is 15.3 Å². The second-order valence-corrected chi connectivity index (χ2v) is 5.15. The molecule has 0 radical (unpaired) electrons. The van der Waals surface area contributed by atoms with Crippen LogP contribution in [-0.2, 0) is 6.61 Å². The van der Waals surface area contributed by atoms with Gasteiger partial charge in [-0.1, -0.05) is 30.3 Å². The van der Waals surface area contributed by atoms with Gasteiger partial charge in [-0.2, -0.15) is 5.10 Å². The highest BCUT2D eigenvalue weighted by atomic mass is 16.5.